The summed E-state index contributed by atoms with van der Waals surface area (Å²) in [5, 5.41) is 2.72. The maximum absolute atomic E-state index is 12.0. The van der Waals surface area contributed by atoms with Crippen LogP contribution in [-0.2, 0) is 9.53 Å². The van der Waals surface area contributed by atoms with Crippen LogP contribution >= 0.6 is 39.3 Å². The SMILES string of the molecule is O=C(COC(=O)c1cccnc1Cl)Nc1ccc(Sc2ccc(Br)cc2)cc1. The van der Waals surface area contributed by atoms with Crippen LogP contribution in [0.5, 0.6) is 0 Å². The minimum absolute atomic E-state index is 0.0340. The van der Waals surface area contributed by atoms with Crippen LogP contribution in [0.3, 0.4) is 0 Å². The lowest BCUT2D eigenvalue weighted by Crippen LogP contribution is -2.21. The van der Waals surface area contributed by atoms with Gasteiger partial charge in [0, 0.05) is 26.1 Å². The van der Waals surface area contributed by atoms with Gasteiger partial charge >= 0.3 is 5.97 Å². The molecule has 0 saturated heterocycles. The van der Waals surface area contributed by atoms with E-state index in [0.717, 1.165) is 14.3 Å². The fourth-order valence-corrected chi connectivity index (χ4v) is 3.47. The molecule has 1 amide bonds. The molecule has 142 valence electrons. The van der Waals surface area contributed by atoms with Crippen molar-refractivity contribution in [1.29, 1.82) is 0 Å². The first-order chi connectivity index (χ1) is 13.5. The zero-order valence-corrected chi connectivity index (χ0v) is 17.6. The highest BCUT2D eigenvalue weighted by atomic mass is 79.9. The van der Waals surface area contributed by atoms with Crippen LogP contribution in [0, 0.1) is 0 Å². The van der Waals surface area contributed by atoms with Crippen molar-refractivity contribution in [3.05, 3.63) is 82.0 Å². The third kappa shape index (κ3) is 5.82. The number of aromatic nitrogens is 1. The van der Waals surface area contributed by atoms with Crippen LogP contribution in [0.4, 0.5) is 5.69 Å². The van der Waals surface area contributed by atoms with E-state index in [1.807, 2.05) is 36.4 Å². The Kier molecular flexibility index (Phi) is 7.08. The lowest BCUT2D eigenvalue weighted by atomic mass is 10.3. The Morgan fingerprint density at radius 3 is 2.32 bits per heavy atom. The van der Waals surface area contributed by atoms with Gasteiger partial charge in [0.2, 0.25) is 0 Å². The summed E-state index contributed by atoms with van der Waals surface area (Å²) < 4.78 is 6.00. The van der Waals surface area contributed by atoms with Gasteiger partial charge in [-0.15, -0.1) is 0 Å². The van der Waals surface area contributed by atoms with Crippen molar-refractivity contribution in [3.8, 4) is 0 Å². The largest absolute Gasteiger partial charge is 0.452 e. The molecular weight excluding hydrogens is 464 g/mol. The number of anilines is 1. The summed E-state index contributed by atoms with van der Waals surface area (Å²) in [7, 11) is 0. The van der Waals surface area contributed by atoms with Gasteiger partial charge in [-0.3, -0.25) is 4.79 Å². The Balaban J connectivity index is 1.51. The quantitative estimate of drug-likeness (QED) is 0.378. The first kappa shape index (κ1) is 20.4. The van der Waals surface area contributed by atoms with E-state index in [9.17, 15) is 9.59 Å². The second-order valence-corrected chi connectivity index (χ2v) is 7.97. The standard InChI is InChI=1S/C20H14BrClN2O3S/c21-13-3-7-15(8-4-13)28-16-9-5-14(6-10-16)24-18(25)12-27-20(26)17-2-1-11-23-19(17)22/h1-11H,12H2,(H,24,25). The molecule has 1 aromatic heterocycles. The molecule has 0 spiro atoms. The third-order valence-corrected chi connectivity index (χ3v) is 5.35. The Bertz CT molecular complexity index is 982. The van der Waals surface area contributed by atoms with E-state index in [1.165, 1.54) is 12.3 Å². The Hall–Kier alpha value is -2.35. The molecular formula is C20H14BrClN2O3S. The minimum atomic E-state index is -0.700. The van der Waals surface area contributed by atoms with Crippen molar-refractivity contribution in [3.63, 3.8) is 0 Å². The molecule has 0 bridgehead atoms. The molecule has 3 aromatic rings. The summed E-state index contributed by atoms with van der Waals surface area (Å²) in [6.07, 6.45) is 1.46. The number of hydrogen-bond donors (Lipinski definition) is 1. The molecule has 0 fully saturated rings. The number of rotatable bonds is 6. The Morgan fingerprint density at radius 1 is 1.04 bits per heavy atom. The minimum Gasteiger partial charge on any atom is -0.452 e. The highest BCUT2D eigenvalue weighted by Gasteiger charge is 2.14. The highest BCUT2D eigenvalue weighted by Crippen LogP contribution is 2.29. The predicted octanol–water partition coefficient (Wildman–Crippen LogP) is 5.44. The van der Waals surface area contributed by atoms with Gasteiger partial charge in [-0.25, -0.2) is 9.78 Å². The molecule has 5 nitrogen and oxygen atoms in total. The molecule has 0 atom stereocenters. The van der Waals surface area contributed by atoms with E-state index in [1.54, 1.807) is 30.0 Å². The van der Waals surface area contributed by atoms with Gasteiger partial charge in [0.25, 0.3) is 5.91 Å². The van der Waals surface area contributed by atoms with Gasteiger partial charge in [-0.2, -0.15) is 0 Å². The number of carbonyl (C=O) groups excluding carboxylic acids is 2. The van der Waals surface area contributed by atoms with E-state index in [2.05, 4.69) is 26.2 Å². The molecule has 0 aliphatic heterocycles. The van der Waals surface area contributed by atoms with Gasteiger partial charge < -0.3 is 10.1 Å². The zero-order chi connectivity index (χ0) is 19.9. The Labute approximate surface area is 179 Å². The zero-order valence-electron chi connectivity index (χ0n) is 14.4. The van der Waals surface area contributed by atoms with Crippen LogP contribution < -0.4 is 5.32 Å². The predicted molar refractivity (Wildman–Crippen MR) is 113 cm³/mol. The number of benzene rings is 2. The molecule has 1 heterocycles. The van der Waals surface area contributed by atoms with Crippen molar-refractivity contribution >= 4 is 56.9 Å². The van der Waals surface area contributed by atoms with E-state index in [0.29, 0.717) is 5.69 Å². The second kappa shape index (κ2) is 9.73. The van der Waals surface area contributed by atoms with Crippen molar-refractivity contribution < 1.29 is 14.3 Å². The summed E-state index contributed by atoms with van der Waals surface area (Å²) in [4.78, 5) is 29.9. The van der Waals surface area contributed by atoms with Gasteiger partial charge in [0.05, 0.1) is 5.56 Å². The number of carbonyl (C=O) groups is 2. The summed E-state index contributed by atoms with van der Waals surface area (Å²) in [5.41, 5.74) is 0.729. The number of nitrogens with zero attached hydrogens (tertiary/aromatic N) is 1. The second-order valence-electron chi connectivity index (χ2n) is 5.55. The topological polar surface area (TPSA) is 68.3 Å². The number of esters is 1. The highest BCUT2D eigenvalue weighted by molar-refractivity contribution is 9.10. The average molecular weight is 478 g/mol. The number of ether oxygens (including phenoxy) is 1. The summed E-state index contributed by atoms with van der Waals surface area (Å²) in [6.45, 7) is -0.417. The lowest BCUT2D eigenvalue weighted by Gasteiger charge is -2.08. The molecule has 3 rings (SSSR count). The van der Waals surface area contributed by atoms with E-state index < -0.39 is 18.5 Å². The van der Waals surface area contributed by atoms with Crippen LogP contribution in [-0.4, -0.2) is 23.5 Å². The molecule has 8 heteroatoms. The van der Waals surface area contributed by atoms with Gasteiger partial charge in [-0.1, -0.05) is 39.3 Å². The molecule has 2 aromatic carbocycles. The number of nitrogens with one attached hydrogen (secondary N) is 1. The van der Waals surface area contributed by atoms with Crippen LogP contribution in [0.15, 0.2) is 81.1 Å². The molecule has 0 aliphatic carbocycles. The molecule has 0 saturated carbocycles. The van der Waals surface area contributed by atoms with Crippen molar-refractivity contribution in [2.75, 3.05) is 11.9 Å². The number of pyridine rings is 1. The lowest BCUT2D eigenvalue weighted by molar-refractivity contribution is -0.119. The smallest absolute Gasteiger partial charge is 0.341 e. The fourth-order valence-electron chi connectivity index (χ4n) is 2.19. The number of halogens is 2. The Morgan fingerprint density at radius 2 is 1.68 bits per heavy atom. The van der Waals surface area contributed by atoms with Crippen LogP contribution in [0.1, 0.15) is 10.4 Å². The first-order valence-corrected chi connectivity index (χ1v) is 10.1. The van der Waals surface area contributed by atoms with Crippen molar-refractivity contribution in [2.45, 2.75) is 9.79 Å². The fraction of sp³-hybridized carbons (Fsp3) is 0.0500. The summed E-state index contributed by atoms with van der Waals surface area (Å²) in [5.74, 6) is -1.14. The van der Waals surface area contributed by atoms with Gasteiger partial charge in [0.15, 0.2) is 6.61 Å². The number of amides is 1. The molecule has 0 aliphatic rings. The molecule has 0 unspecified atom stereocenters. The third-order valence-electron chi connectivity index (χ3n) is 3.50. The monoisotopic (exact) mass is 476 g/mol. The molecule has 1 N–H and O–H groups in total. The van der Waals surface area contributed by atoms with Crippen molar-refractivity contribution in [1.82, 2.24) is 4.98 Å². The van der Waals surface area contributed by atoms with E-state index in [-0.39, 0.29) is 10.7 Å². The maximum atomic E-state index is 12.0. The van der Waals surface area contributed by atoms with E-state index >= 15 is 0 Å². The summed E-state index contributed by atoms with van der Waals surface area (Å²) in [6, 6.07) is 18.5. The van der Waals surface area contributed by atoms with Gasteiger partial charge in [-0.05, 0) is 60.7 Å². The van der Waals surface area contributed by atoms with Crippen molar-refractivity contribution in [2.24, 2.45) is 0 Å². The van der Waals surface area contributed by atoms with Gasteiger partial charge in [0.1, 0.15) is 5.15 Å². The first-order valence-electron chi connectivity index (χ1n) is 8.12. The molecule has 28 heavy (non-hydrogen) atoms. The molecule has 0 radical (unpaired) electrons. The summed E-state index contributed by atoms with van der Waals surface area (Å²) >= 11 is 10.9. The van der Waals surface area contributed by atoms with Crippen LogP contribution in [0.2, 0.25) is 5.15 Å². The van der Waals surface area contributed by atoms with E-state index in [4.69, 9.17) is 16.3 Å². The maximum Gasteiger partial charge on any atom is 0.341 e. The average Bonchev–Trinajstić information content (AvgIpc) is 2.70. The normalized spacial score (nSPS) is 10.4. The van der Waals surface area contributed by atoms with Crippen LogP contribution in [0.25, 0.3) is 0 Å². The number of hydrogen-bond acceptors (Lipinski definition) is 5.